The topological polar surface area (TPSA) is 48.0 Å². The molecular formula is C21H23NO4. The lowest BCUT2D eigenvalue weighted by Gasteiger charge is -2.37. The molecule has 2 aromatic carbocycles. The molecule has 0 saturated carbocycles. The highest BCUT2D eigenvalue weighted by molar-refractivity contribution is 5.94. The van der Waals surface area contributed by atoms with Crippen LogP contribution >= 0.6 is 0 Å². The number of carbonyl (C=O) groups is 1. The van der Waals surface area contributed by atoms with Crippen LogP contribution in [0.15, 0.2) is 54.6 Å². The fourth-order valence-corrected chi connectivity index (χ4v) is 3.45. The molecule has 2 aromatic rings. The van der Waals surface area contributed by atoms with Crippen LogP contribution in [0.1, 0.15) is 28.8 Å². The van der Waals surface area contributed by atoms with Crippen LogP contribution in [0, 0.1) is 0 Å². The van der Waals surface area contributed by atoms with Crippen molar-refractivity contribution >= 4 is 5.91 Å². The molecule has 0 bridgehead atoms. The summed E-state index contributed by atoms with van der Waals surface area (Å²) < 4.78 is 17.2. The Bertz CT molecular complexity index is 728. The summed E-state index contributed by atoms with van der Waals surface area (Å²) in [5.74, 6) is 0.356. The maximum absolute atomic E-state index is 12.7. The van der Waals surface area contributed by atoms with Crippen LogP contribution in [0.25, 0.3) is 0 Å². The Kier molecular flexibility index (Phi) is 4.91. The number of hydrogen-bond acceptors (Lipinski definition) is 4. The molecule has 4 rings (SSSR count). The summed E-state index contributed by atoms with van der Waals surface area (Å²) in [6.45, 7) is 3.13. The van der Waals surface area contributed by atoms with E-state index >= 15 is 0 Å². The Morgan fingerprint density at radius 3 is 2.27 bits per heavy atom. The normalized spacial score (nSPS) is 18.8. The molecule has 2 aliphatic heterocycles. The van der Waals surface area contributed by atoms with Gasteiger partial charge < -0.3 is 19.1 Å². The number of piperidine rings is 1. The van der Waals surface area contributed by atoms with E-state index < -0.39 is 5.79 Å². The molecule has 1 amide bonds. The van der Waals surface area contributed by atoms with Crippen LogP contribution in [0.3, 0.4) is 0 Å². The van der Waals surface area contributed by atoms with Gasteiger partial charge in [0.05, 0.1) is 13.2 Å². The van der Waals surface area contributed by atoms with E-state index in [4.69, 9.17) is 14.2 Å². The number of benzene rings is 2. The minimum atomic E-state index is -0.452. The van der Waals surface area contributed by atoms with Gasteiger partial charge in [0, 0.05) is 31.5 Å². The average molecular weight is 353 g/mol. The highest BCUT2D eigenvalue weighted by Gasteiger charge is 2.40. The van der Waals surface area contributed by atoms with E-state index in [1.807, 2.05) is 59.5 Å². The molecule has 1 spiro atoms. The highest BCUT2D eigenvalue weighted by atomic mass is 16.7. The van der Waals surface area contributed by atoms with Gasteiger partial charge >= 0.3 is 0 Å². The van der Waals surface area contributed by atoms with Gasteiger partial charge in [0.15, 0.2) is 5.79 Å². The highest BCUT2D eigenvalue weighted by Crippen LogP contribution is 2.31. The van der Waals surface area contributed by atoms with Gasteiger partial charge in [0.2, 0.25) is 0 Å². The first-order valence-electron chi connectivity index (χ1n) is 9.08. The van der Waals surface area contributed by atoms with Crippen molar-refractivity contribution in [1.82, 2.24) is 4.90 Å². The summed E-state index contributed by atoms with van der Waals surface area (Å²) in [6, 6.07) is 17.4. The molecule has 0 N–H and O–H groups in total. The summed E-state index contributed by atoms with van der Waals surface area (Å²) in [7, 11) is 0. The predicted octanol–water partition coefficient (Wildman–Crippen LogP) is 3.24. The van der Waals surface area contributed by atoms with Gasteiger partial charge in [-0.1, -0.05) is 30.3 Å². The maximum atomic E-state index is 12.7. The molecule has 2 saturated heterocycles. The predicted molar refractivity (Wildman–Crippen MR) is 97.0 cm³/mol. The second kappa shape index (κ2) is 7.48. The van der Waals surface area contributed by atoms with E-state index in [0.29, 0.717) is 38.5 Å². The van der Waals surface area contributed by atoms with Crippen molar-refractivity contribution < 1.29 is 19.0 Å². The third kappa shape index (κ3) is 3.74. The molecule has 5 heteroatoms. The van der Waals surface area contributed by atoms with Crippen molar-refractivity contribution in [3.8, 4) is 5.75 Å². The molecule has 136 valence electrons. The lowest BCUT2D eigenvalue weighted by atomic mass is 10.0. The van der Waals surface area contributed by atoms with Crippen LogP contribution in [-0.4, -0.2) is 42.9 Å². The standard InChI is InChI=1S/C21H23NO4/c23-20(22-12-10-21(11-13-22)25-14-15-26-21)18-6-8-19(9-7-18)24-16-17-4-2-1-3-5-17/h1-9H,10-16H2. The Hall–Kier alpha value is -2.37. The van der Waals surface area contributed by atoms with Gasteiger partial charge in [-0.15, -0.1) is 0 Å². The van der Waals surface area contributed by atoms with Gasteiger partial charge in [-0.05, 0) is 29.8 Å². The quantitative estimate of drug-likeness (QED) is 0.847. The van der Waals surface area contributed by atoms with Crippen LogP contribution in [0.2, 0.25) is 0 Å². The average Bonchev–Trinajstić information content (AvgIpc) is 3.16. The van der Waals surface area contributed by atoms with Crippen molar-refractivity contribution in [1.29, 1.82) is 0 Å². The first-order chi connectivity index (χ1) is 12.7. The van der Waals surface area contributed by atoms with Gasteiger partial charge in [0.1, 0.15) is 12.4 Å². The summed E-state index contributed by atoms with van der Waals surface area (Å²) >= 11 is 0. The number of carbonyl (C=O) groups excluding carboxylic acids is 1. The molecule has 2 aliphatic rings. The Morgan fingerprint density at radius 1 is 0.962 bits per heavy atom. The monoisotopic (exact) mass is 353 g/mol. The summed E-state index contributed by atoms with van der Waals surface area (Å²) in [6.07, 6.45) is 1.47. The van der Waals surface area contributed by atoms with E-state index in [2.05, 4.69) is 0 Å². The molecular weight excluding hydrogens is 330 g/mol. The smallest absolute Gasteiger partial charge is 0.253 e. The number of nitrogens with zero attached hydrogens (tertiary/aromatic N) is 1. The largest absolute Gasteiger partial charge is 0.489 e. The number of ether oxygens (including phenoxy) is 3. The van der Waals surface area contributed by atoms with Gasteiger partial charge in [-0.25, -0.2) is 0 Å². The lowest BCUT2D eigenvalue weighted by molar-refractivity contribution is -0.181. The molecule has 0 atom stereocenters. The molecule has 0 unspecified atom stereocenters. The van der Waals surface area contributed by atoms with Crippen LogP contribution in [0.4, 0.5) is 0 Å². The van der Waals surface area contributed by atoms with Crippen LogP contribution in [-0.2, 0) is 16.1 Å². The second-order valence-electron chi connectivity index (χ2n) is 6.70. The van der Waals surface area contributed by atoms with E-state index in [0.717, 1.165) is 24.2 Å². The van der Waals surface area contributed by atoms with Gasteiger partial charge in [0.25, 0.3) is 5.91 Å². The maximum Gasteiger partial charge on any atom is 0.253 e. The summed E-state index contributed by atoms with van der Waals surface area (Å²) in [5.41, 5.74) is 1.80. The number of amides is 1. The van der Waals surface area contributed by atoms with E-state index in [9.17, 15) is 4.79 Å². The molecule has 2 fully saturated rings. The van der Waals surface area contributed by atoms with E-state index in [1.165, 1.54) is 0 Å². The minimum Gasteiger partial charge on any atom is -0.489 e. The number of likely N-dealkylation sites (tertiary alicyclic amines) is 1. The Labute approximate surface area is 153 Å². The Morgan fingerprint density at radius 2 is 1.62 bits per heavy atom. The van der Waals surface area contributed by atoms with Crippen molar-refractivity contribution in [2.75, 3.05) is 26.3 Å². The minimum absolute atomic E-state index is 0.0486. The third-order valence-corrected chi connectivity index (χ3v) is 4.98. The van der Waals surface area contributed by atoms with Crippen molar-refractivity contribution in [3.63, 3.8) is 0 Å². The molecule has 2 heterocycles. The Balaban J connectivity index is 1.32. The molecule has 5 nitrogen and oxygen atoms in total. The zero-order chi connectivity index (χ0) is 17.8. The first kappa shape index (κ1) is 17.1. The third-order valence-electron chi connectivity index (χ3n) is 4.98. The van der Waals surface area contributed by atoms with Gasteiger partial charge in [-0.2, -0.15) is 0 Å². The van der Waals surface area contributed by atoms with Crippen molar-refractivity contribution in [2.24, 2.45) is 0 Å². The van der Waals surface area contributed by atoms with E-state index in [-0.39, 0.29) is 5.91 Å². The molecule has 0 radical (unpaired) electrons. The molecule has 26 heavy (non-hydrogen) atoms. The second-order valence-corrected chi connectivity index (χ2v) is 6.70. The SMILES string of the molecule is O=C(c1ccc(OCc2ccccc2)cc1)N1CCC2(CC1)OCCO2. The zero-order valence-electron chi connectivity index (χ0n) is 14.7. The molecule has 0 aromatic heterocycles. The fraction of sp³-hybridized carbons (Fsp3) is 0.381. The number of rotatable bonds is 4. The summed E-state index contributed by atoms with van der Waals surface area (Å²) in [5, 5.41) is 0. The van der Waals surface area contributed by atoms with Gasteiger partial charge in [-0.3, -0.25) is 4.79 Å². The summed E-state index contributed by atoms with van der Waals surface area (Å²) in [4.78, 5) is 14.6. The van der Waals surface area contributed by atoms with E-state index in [1.54, 1.807) is 0 Å². The molecule has 0 aliphatic carbocycles. The van der Waals surface area contributed by atoms with Crippen LogP contribution in [0.5, 0.6) is 5.75 Å². The van der Waals surface area contributed by atoms with Crippen molar-refractivity contribution in [2.45, 2.75) is 25.2 Å². The first-order valence-corrected chi connectivity index (χ1v) is 9.08. The lowest BCUT2D eigenvalue weighted by Crippen LogP contribution is -2.47. The number of hydrogen-bond donors (Lipinski definition) is 0. The van der Waals surface area contributed by atoms with Crippen LogP contribution < -0.4 is 4.74 Å². The van der Waals surface area contributed by atoms with Crippen molar-refractivity contribution in [3.05, 3.63) is 65.7 Å². The zero-order valence-corrected chi connectivity index (χ0v) is 14.7. The fourth-order valence-electron chi connectivity index (χ4n) is 3.45.